The van der Waals surface area contributed by atoms with E-state index in [4.69, 9.17) is 9.47 Å². The summed E-state index contributed by atoms with van der Waals surface area (Å²) in [5.41, 5.74) is 1.13. The lowest BCUT2D eigenvalue weighted by Crippen LogP contribution is -2.50. The number of nitrogens with zero attached hydrogens (tertiary/aromatic N) is 6. The Bertz CT molecular complexity index is 1030. The molecule has 4 rings (SSSR count). The van der Waals surface area contributed by atoms with Gasteiger partial charge in [-0.05, 0) is 37.6 Å². The van der Waals surface area contributed by atoms with E-state index in [0.717, 1.165) is 29.5 Å². The van der Waals surface area contributed by atoms with Crippen LogP contribution in [0.2, 0.25) is 0 Å². The average molecular weight is 410 g/mol. The van der Waals surface area contributed by atoms with Crippen LogP contribution in [0.4, 0.5) is 5.82 Å². The van der Waals surface area contributed by atoms with Crippen LogP contribution in [0.5, 0.6) is 11.5 Å². The first-order valence-electron chi connectivity index (χ1n) is 10.1. The molecule has 3 aromatic rings. The summed E-state index contributed by atoms with van der Waals surface area (Å²) in [5.74, 6) is 3.73. The number of hydrogen-bond acceptors (Lipinski definition) is 7. The van der Waals surface area contributed by atoms with Crippen molar-refractivity contribution in [2.24, 2.45) is 0 Å². The Morgan fingerprint density at radius 2 is 1.77 bits per heavy atom. The third kappa shape index (κ3) is 4.00. The van der Waals surface area contributed by atoms with Crippen LogP contribution in [0, 0.1) is 6.92 Å². The Kier molecular flexibility index (Phi) is 5.69. The van der Waals surface area contributed by atoms with E-state index in [1.807, 2.05) is 28.4 Å². The lowest BCUT2D eigenvalue weighted by atomic mass is 10.2. The van der Waals surface area contributed by atoms with Crippen LogP contribution in [0.25, 0.3) is 5.78 Å². The summed E-state index contributed by atoms with van der Waals surface area (Å²) in [5, 5.41) is 8.31. The minimum Gasteiger partial charge on any atom is -0.497 e. The van der Waals surface area contributed by atoms with E-state index in [1.165, 1.54) is 0 Å². The summed E-state index contributed by atoms with van der Waals surface area (Å²) >= 11 is 0. The van der Waals surface area contributed by atoms with Crippen LogP contribution in [0.15, 0.2) is 30.3 Å². The molecule has 1 fully saturated rings. The van der Waals surface area contributed by atoms with Crippen molar-refractivity contribution < 1.29 is 14.3 Å². The summed E-state index contributed by atoms with van der Waals surface area (Å²) in [6.07, 6.45) is 0.867. The smallest absolute Gasteiger partial charge is 0.260 e. The minimum absolute atomic E-state index is 0.0174. The quantitative estimate of drug-likeness (QED) is 0.612. The Morgan fingerprint density at radius 1 is 1.07 bits per heavy atom. The zero-order valence-corrected chi connectivity index (χ0v) is 17.5. The molecule has 3 heterocycles. The molecular weight excluding hydrogens is 384 g/mol. The van der Waals surface area contributed by atoms with Crippen LogP contribution in [-0.2, 0) is 11.2 Å². The fraction of sp³-hybridized carbons (Fsp3) is 0.429. The number of fused-ring (bicyclic) bond motifs is 1. The highest BCUT2D eigenvalue weighted by atomic mass is 16.5. The average Bonchev–Trinajstić information content (AvgIpc) is 3.18. The second-order valence-corrected chi connectivity index (χ2v) is 7.17. The van der Waals surface area contributed by atoms with Gasteiger partial charge in [0.2, 0.25) is 0 Å². The van der Waals surface area contributed by atoms with E-state index in [2.05, 4.69) is 33.1 Å². The summed E-state index contributed by atoms with van der Waals surface area (Å²) < 4.78 is 12.7. The number of amides is 1. The first-order valence-corrected chi connectivity index (χ1v) is 10.1. The number of benzene rings is 1. The van der Waals surface area contributed by atoms with Gasteiger partial charge in [0.1, 0.15) is 23.1 Å². The monoisotopic (exact) mass is 410 g/mol. The predicted octanol–water partition coefficient (Wildman–Crippen LogP) is 1.73. The van der Waals surface area contributed by atoms with Crippen LogP contribution in [-0.4, -0.2) is 70.3 Å². The van der Waals surface area contributed by atoms with Crippen LogP contribution in [0.1, 0.15) is 18.4 Å². The molecule has 0 aliphatic carbocycles. The summed E-state index contributed by atoms with van der Waals surface area (Å²) in [6, 6.07) is 9.30. The number of methoxy groups -OCH3 is 1. The lowest BCUT2D eigenvalue weighted by Gasteiger charge is -2.35. The largest absolute Gasteiger partial charge is 0.497 e. The van der Waals surface area contributed by atoms with Gasteiger partial charge in [-0.25, -0.2) is 0 Å². The van der Waals surface area contributed by atoms with Gasteiger partial charge < -0.3 is 19.3 Å². The van der Waals surface area contributed by atoms with Gasteiger partial charge in [0, 0.05) is 37.9 Å². The molecule has 30 heavy (non-hydrogen) atoms. The molecule has 0 radical (unpaired) electrons. The number of aromatic nitrogens is 4. The lowest BCUT2D eigenvalue weighted by molar-refractivity contribution is -0.133. The van der Waals surface area contributed by atoms with Gasteiger partial charge in [0.15, 0.2) is 6.61 Å². The summed E-state index contributed by atoms with van der Waals surface area (Å²) in [4.78, 5) is 21.2. The van der Waals surface area contributed by atoms with Gasteiger partial charge in [-0.15, -0.1) is 10.2 Å². The van der Waals surface area contributed by atoms with E-state index >= 15 is 0 Å². The highest BCUT2D eigenvalue weighted by molar-refractivity contribution is 5.78. The van der Waals surface area contributed by atoms with Crippen molar-refractivity contribution in [1.82, 2.24) is 24.5 Å². The number of anilines is 1. The maximum Gasteiger partial charge on any atom is 0.260 e. The first-order chi connectivity index (χ1) is 14.6. The Hall–Kier alpha value is -3.36. The second kappa shape index (κ2) is 8.56. The van der Waals surface area contributed by atoms with Crippen LogP contribution in [0.3, 0.4) is 0 Å². The molecule has 0 atom stereocenters. The molecule has 1 aliphatic rings. The number of ether oxygens (including phenoxy) is 2. The van der Waals surface area contributed by atoms with E-state index < -0.39 is 0 Å². The molecule has 1 saturated heterocycles. The van der Waals surface area contributed by atoms with Crippen molar-refractivity contribution in [3.05, 3.63) is 41.9 Å². The van der Waals surface area contributed by atoms with Gasteiger partial charge in [-0.3, -0.25) is 9.20 Å². The van der Waals surface area contributed by atoms with Gasteiger partial charge in [-0.1, -0.05) is 6.92 Å². The van der Waals surface area contributed by atoms with Gasteiger partial charge in [0.05, 0.1) is 7.11 Å². The molecule has 0 unspecified atom stereocenters. The third-order valence-electron chi connectivity index (χ3n) is 5.35. The second-order valence-electron chi connectivity index (χ2n) is 7.17. The normalized spacial score (nSPS) is 14.2. The maximum absolute atomic E-state index is 12.5. The van der Waals surface area contributed by atoms with Gasteiger partial charge in [0.25, 0.3) is 11.7 Å². The van der Waals surface area contributed by atoms with Gasteiger partial charge in [-0.2, -0.15) is 4.98 Å². The fourth-order valence-electron chi connectivity index (χ4n) is 3.62. The minimum atomic E-state index is -0.0174. The van der Waals surface area contributed by atoms with Crippen LogP contribution >= 0.6 is 0 Å². The third-order valence-corrected chi connectivity index (χ3v) is 5.35. The van der Waals surface area contributed by atoms with Crippen molar-refractivity contribution in [3.63, 3.8) is 0 Å². The number of aryl methyl sites for hydroxylation is 2. The molecule has 0 saturated carbocycles. The Morgan fingerprint density at radius 3 is 2.43 bits per heavy atom. The number of carbonyl (C=O) groups excluding carboxylic acids is 1. The van der Waals surface area contributed by atoms with E-state index in [0.29, 0.717) is 37.7 Å². The topological polar surface area (TPSA) is 85.1 Å². The van der Waals surface area contributed by atoms with Crippen molar-refractivity contribution in [2.45, 2.75) is 20.3 Å². The molecule has 158 valence electrons. The molecule has 0 N–H and O–H groups in total. The molecule has 1 aromatic carbocycles. The molecule has 2 aromatic heterocycles. The van der Waals surface area contributed by atoms with Crippen molar-refractivity contribution in [2.75, 3.05) is 44.8 Å². The molecule has 1 aliphatic heterocycles. The van der Waals surface area contributed by atoms with Gasteiger partial charge >= 0.3 is 0 Å². The first kappa shape index (κ1) is 19.9. The molecule has 0 bridgehead atoms. The summed E-state index contributed by atoms with van der Waals surface area (Å²) in [6.45, 7) is 6.75. The zero-order valence-electron chi connectivity index (χ0n) is 17.5. The molecule has 1 amide bonds. The maximum atomic E-state index is 12.5. The SMILES string of the molecule is CCc1cc(N2CCN(C(=O)COc3ccc(OC)cc3)CC2)nc2nnc(C)n12. The van der Waals surface area contributed by atoms with Crippen molar-refractivity contribution >= 4 is 17.5 Å². The van der Waals surface area contributed by atoms with E-state index in [9.17, 15) is 4.79 Å². The zero-order chi connectivity index (χ0) is 21.1. The van der Waals surface area contributed by atoms with Crippen LogP contribution < -0.4 is 14.4 Å². The number of hydrogen-bond donors (Lipinski definition) is 0. The molecule has 9 heteroatoms. The number of rotatable bonds is 6. The molecule has 9 nitrogen and oxygen atoms in total. The van der Waals surface area contributed by atoms with E-state index in [-0.39, 0.29) is 12.5 Å². The van der Waals surface area contributed by atoms with E-state index in [1.54, 1.807) is 19.2 Å². The van der Waals surface area contributed by atoms with Crippen molar-refractivity contribution in [1.29, 1.82) is 0 Å². The highest BCUT2D eigenvalue weighted by Gasteiger charge is 2.23. The standard InChI is InChI=1S/C21H26N6O3/c1-4-16-13-19(22-21-24-23-15(2)27(16)21)25-9-11-26(12-10-25)20(28)14-30-18-7-5-17(29-3)6-8-18/h5-8,13H,4,9-12,14H2,1-3H3. The van der Waals surface area contributed by atoms with Crippen molar-refractivity contribution in [3.8, 4) is 11.5 Å². The predicted molar refractivity (Wildman–Crippen MR) is 112 cm³/mol. The number of piperazine rings is 1. The fourth-order valence-corrected chi connectivity index (χ4v) is 3.62. The Labute approximate surface area is 175 Å². The molecular formula is C21H26N6O3. The highest BCUT2D eigenvalue weighted by Crippen LogP contribution is 2.20. The molecule has 0 spiro atoms. The summed E-state index contributed by atoms with van der Waals surface area (Å²) in [7, 11) is 1.61. The number of carbonyl (C=O) groups is 1. The Balaban J connectivity index is 1.35.